The average molecular weight is 311 g/mol. The lowest BCUT2D eigenvalue weighted by Gasteiger charge is -2.18. The Hall–Kier alpha value is -2.10. The van der Waals surface area contributed by atoms with Gasteiger partial charge in [-0.25, -0.2) is 4.98 Å². The van der Waals surface area contributed by atoms with Crippen molar-refractivity contribution in [1.82, 2.24) is 14.9 Å². The minimum absolute atomic E-state index is 0.0576. The van der Waals surface area contributed by atoms with Crippen molar-refractivity contribution in [2.75, 3.05) is 0 Å². The molecule has 2 aromatic rings. The van der Waals surface area contributed by atoms with E-state index in [1.807, 2.05) is 17.8 Å². The van der Waals surface area contributed by atoms with Crippen LogP contribution in [0.2, 0.25) is 0 Å². The van der Waals surface area contributed by atoms with Crippen molar-refractivity contribution in [2.24, 2.45) is 13.0 Å². The highest BCUT2D eigenvalue weighted by Gasteiger charge is 2.35. The molecule has 1 aromatic carbocycles. The van der Waals surface area contributed by atoms with Gasteiger partial charge in [0, 0.05) is 25.9 Å². The Kier molecular flexibility index (Phi) is 4.51. The summed E-state index contributed by atoms with van der Waals surface area (Å²) in [6.07, 6.45) is 7.39. The normalized spacial score (nSPS) is 15.4. The number of nitrogens with zero attached hydrogens (tertiary/aromatic N) is 2. The van der Waals surface area contributed by atoms with E-state index < -0.39 is 0 Å². The summed E-state index contributed by atoms with van der Waals surface area (Å²) in [5, 5.41) is 3.20. The van der Waals surface area contributed by atoms with Crippen LogP contribution in [-0.2, 0) is 18.3 Å². The van der Waals surface area contributed by atoms with E-state index in [0.717, 1.165) is 12.2 Å². The number of carbonyl (C=O) groups is 1. The summed E-state index contributed by atoms with van der Waals surface area (Å²) in [5.41, 5.74) is 3.80. The number of rotatable bonds is 6. The fourth-order valence-electron chi connectivity index (χ4n) is 2.96. The first-order valence-electron chi connectivity index (χ1n) is 8.37. The van der Waals surface area contributed by atoms with Gasteiger partial charge in [-0.1, -0.05) is 18.2 Å². The summed E-state index contributed by atoms with van der Waals surface area (Å²) in [5.74, 6) is 1.62. The Morgan fingerprint density at radius 1 is 1.35 bits per heavy atom. The van der Waals surface area contributed by atoms with Gasteiger partial charge in [-0.3, -0.25) is 4.79 Å². The van der Waals surface area contributed by atoms with Crippen molar-refractivity contribution in [3.63, 3.8) is 0 Å². The second-order valence-electron chi connectivity index (χ2n) is 6.70. The molecular weight excluding hydrogens is 286 g/mol. The Balaban J connectivity index is 1.59. The number of aromatic nitrogens is 2. The van der Waals surface area contributed by atoms with Crippen LogP contribution >= 0.6 is 0 Å². The van der Waals surface area contributed by atoms with Crippen LogP contribution in [0, 0.1) is 19.8 Å². The highest BCUT2D eigenvalue weighted by molar-refractivity contribution is 5.76. The number of imidazole rings is 1. The number of amides is 1. The topological polar surface area (TPSA) is 46.9 Å². The van der Waals surface area contributed by atoms with Gasteiger partial charge in [0.05, 0.1) is 6.04 Å². The van der Waals surface area contributed by atoms with Gasteiger partial charge in [0.1, 0.15) is 5.82 Å². The fraction of sp³-hybridized carbons (Fsp3) is 0.474. The molecule has 1 N–H and O–H groups in total. The molecule has 122 valence electrons. The van der Waals surface area contributed by atoms with E-state index in [1.54, 1.807) is 6.20 Å². The first kappa shape index (κ1) is 15.8. The quantitative estimate of drug-likeness (QED) is 0.890. The van der Waals surface area contributed by atoms with Gasteiger partial charge in [0.15, 0.2) is 0 Å². The van der Waals surface area contributed by atoms with E-state index >= 15 is 0 Å². The van der Waals surface area contributed by atoms with Crippen molar-refractivity contribution < 1.29 is 4.79 Å². The van der Waals surface area contributed by atoms with Crippen molar-refractivity contribution in [3.8, 4) is 0 Å². The Bertz CT molecular complexity index is 700. The van der Waals surface area contributed by atoms with E-state index in [1.165, 1.54) is 29.5 Å². The summed E-state index contributed by atoms with van der Waals surface area (Å²) in [4.78, 5) is 16.8. The van der Waals surface area contributed by atoms with Gasteiger partial charge in [0.2, 0.25) is 5.91 Å². The zero-order valence-corrected chi connectivity index (χ0v) is 14.2. The third kappa shape index (κ3) is 3.81. The second kappa shape index (κ2) is 6.57. The summed E-state index contributed by atoms with van der Waals surface area (Å²) in [6, 6.07) is 6.48. The molecule has 3 rings (SSSR count). The monoisotopic (exact) mass is 311 g/mol. The van der Waals surface area contributed by atoms with Gasteiger partial charge in [-0.2, -0.15) is 0 Å². The maximum absolute atomic E-state index is 12.4. The number of nitrogens with one attached hydrogen (secondary N) is 1. The van der Waals surface area contributed by atoms with Crippen LogP contribution in [-0.4, -0.2) is 15.5 Å². The fourth-order valence-corrected chi connectivity index (χ4v) is 2.96. The van der Waals surface area contributed by atoms with E-state index in [2.05, 4.69) is 42.3 Å². The molecular formula is C19H25N3O. The van der Waals surface area contributed by atoms with E-state index in [-0.39, 0.29) is 11.9 Å². The molecule has 1 heterocycles. The first-order chi connectivity index (χ1) is 11.0. The summed E-state index contributed by atoms with van der Waals surface area (Å²) in [6.45, 7) is 4.22. The molecule has 4 nitrogen and oxygen atoms in total. The lowest BCUT2D eigenvalue weighted by atomic mass is 10.0. The first-order valence-corrected chi connectivity index (χ1v) is 8.37. The molecule has 0 aliphatic heterocycles. The van der Waals surface area contributed by atoms with E-state index in [4.69, 9.17) is 0 Å². The molecule has 1 aromatic heterocycles. The van der Waals surface area contributed by atoms with Gasteiger partial charge in [-0.05, 0) is 55.7 Å². The third-order valence-electron chi connectivity index (χ3n) is 4.76. The number of hydrogen-bond acceptors (Lipinski definition) is 2. The predicted octanol–water partition coefficient (Wildman–Crippen LogP) is 3.24. The zero-order valence-electron chi connectivity index (χ0n) is 14.2. The maximum Gasteiger partial charge on any atom is 0.220 e. The minimum atomic E-state index is 0.0576. The van der Waals surface area contributed by atoms with Crippen molar-refractivity contribution in [3.05, 3.63) is 53.1 Å². The summed E-state index contributed by atoms with van der Waals surface area (Å²) >= 11 is 0. The van der Waals surface area contributed by atoms with Gasteiger partial charge in [-0.15, -0.1) is 0 Å². The molecule has 1 fully saturated rings. The van der Waals surface area contributed by atoms with Crippen molar-refractivity contribution >= 4 is 5.91 Å². The molecule has 0 radical (unpaired) electrons. The van der Waals surface area contributed by atoms with Crippen LogP contribution < -0.4 is 5.32 Å². The molecule has 0 bridgehead atoms. The molecule has 4 heteroatoms. The van der Waals surface area contributed by atoms with Crippen LogP contribution in [0.5, 0.6) is 0 Å². The molecule has 1 unspecified atom stereocenters. The van der Waals surface area contributed by atoms with Gasteiger partial charge in [0.25, 0.3) is 0 Å². The largest absolute Gasteiger partial charge is 0.346 e. The second-order valence-corrected chi connectivity index (χ2v) is 6.70. The van der Waals surface area contributed by atoms with Gasteiger partial charge >= 0.3 is 0 Å². The molecule has 1 amide bonds. The standard InChI is InChI=1S/C19H25N3O/c1-13-4-5-15(12-14(13)2)6-9-17(23)21-18(16-7-8-16)19-20-10-11-22(19)3/h4-5,10-12,16,18H,6-9H2,1-3H3,(H,21,23). The SMILES string of the molecule is Cc1ccc(CCC(=O)NC(c2nccn2C)C2CC2)cc1C. The highest BCUT2D eigenvalue weighted by atomic mass is 16.1. The van der Waals surface area contributed by atoms with E-state index in [9.17, 15) is 4.79 Å². The van der Waals surface area contributed by atoms with Crippen molar-refractivity contribution in [2.45, 2.75) is 45.6 Å². The van der Waals surface area contributed by atoms with Crippen LogP contribution in [0.25, 0.3) is 0 Å². The summed E-state index contributed by atoms with van der Waals surface area (Å²) in [7, 11) is 1.99. The lowest BCUT2D eigenvalue weighted by Crippen LogP contribution is -2.31. The maximum atomic E-state index is 12.4. The number of benzene rings is 1. The molecule has 0 spiro atoms. The average Bonchev–Trinajstić information content (AvgIpc) is 3.28. The number of carbonyl (C=O) groups excluding carboxylic acids is 1. The highest BCUT2D eigenvalue weighted by Crippen LogP contribution is 2.40. The van der Waals surface area contributed by atoms with E-state index in [0.29, 0.717) is 12.3 Å². The molecule has 23 heavy (non-hydrogen) atoms. The van der Waals surface area contributed by atoms with Crippen LogP contribution in [0.3, 0.4) is 0 Å². The molecule has 1 aliphatic rings. The smallest absolute Gasteiger partial charge is 0.220 e. The van der Waals surface area contributed by atoms with Crippen LogP contribution in [0.4, 0.5) is 0 Å². The molecule has 0 saturated heterocycles. The Morgan fingerprint density at radius 3 is 2.74 bits per heavy atom. The van der Waals surface area contributed by atoms with Crippen LogP contribution in [0.1, 0.15) is 47.8 Å². The zero-order chi connectivity index (χ0) is 16.4. The number of aryl methyl sites for hydroxylation is 4. The number of hydrogen-bond donors (Lipinski definition) is 1. The predicted molar refractivity (Wildman–Crippen MR) is 91.1 cm³/mol. The Labute approximate surface area is 137 Å². The van der Waals surface area contributed by atoms with Crippen LogP contribution in [0.15, 0.2) is 30.6 Å². The molecule has 1 atom stereocenters. The summed E-state index contributed by atoms with van der Waals surface area (Å²) < 4.78 is 2.01. The third-order valence-corrected chi connectivity index (χ3v) is 4.76. The molecule has 1 saturated carbocycles. The minimum Gasteiger partial charge on any atom is -0.346 e. The van der Waals surface area contributed by atoms with Crippen molar-refractivity contribution in [1.29, 1.82) is 0 Å². The Morgan fingerprint density at radius 2 is 2.13 bits per heavy atom. The lowest BCUT2D eigenvalue weighted by molar-refractivity contribution is -0.122. The van der Waals surface area contributed by atoms with Gasteiger partial charge < -0.3 is 9.88 Å². The molecule has 1 aliphatic carbocycles.